The highest BCUT2D eigenvalue weighted by Crippen LogP contribution is 2.41. The van der Waals surface area contributed by atoms with E-state index >= 15 is 0 Å². The van der Waals surface area contributed by atoms with Gasteiger partial charge in [0.05, 0.1) is 6.04 Å². The molecule has 2 atom stereocenters. The third-order valence-corrected chi connectivity index (χ3v) is 3.10. The molecule has 1 saturated heterocycles. The average molecular weight is 189 g/mol. The van der Waals surface area contributed by atoms with Gasteiger partial charge in [0.25, 0.3) is 0 Å². The molecule has 0 saturated carbocycles. The second kappa shape index (κ2) is 2.50. The maximum absolute atomic E-state index is 11.3. The molecule has 1 aromatic carbocycles. The van der Waals surface area contributed by atoms with Crippen LogP contribution >= 0.6 is 0 Å². The van der Waals surface area contributed by atoms with Gasteiger partial charge >= 0.3 is 6.09 Å². The number of amides is 1. The summed E-state index contributed by atoms with van der Waals surface area (Å²) in [4.78, 5) is 13.0. The van der Waals surface area contributed by atoms with Crippen LogP contribution in [0.5, 0.6) is 0 Å². The summed E-state index contributed by atoms with van der Waals surface area (Å²) in [5.74, 6) is 0. The standard InChI is InChI=1S/C11H11NO2/c1-12-10-8-5-3-2-4-7(8)6-9(10)14-11(12)13/h2-5,9-10H,6H2,1H3/t9-,10+/m0/s1. The quantitative estimate of drug-likeness (QED) is 0.622. The molecular weight excluding hydrogens is 178 g/mol. The number of hydrogen-bond acceptors (Lipinski definition) is 2. The summed E-state index contributed by atoms with van der Waals surface area (Å²) in [5.41, 5.74) is 2.55. The van der Waals surface area contributed by atoms with Crippen LogP contribution in [0.1, 0.15) is 17.2 Å². The Morgan fingerprint density at radius 3 is 3.07 bits per heavy atom. The Hall–Kier alpha value is -1.51. The van der Waals surface area contributed by atoms with Crippen LogP contribution in [0.3, 0.4) is 0 Å². The van der Waals surface area contributed by atoms with Crippen molar-refractivity contribution >= 4 is 6.09 Å². The summed E-state index contributed by atoms with van der Waals surface area (Å²) < 4.78 is 5.27. The number of nitrogens with zero attached hydrogens (tertiary/aromatic N) is 1. The molecule has 3 nitrogen and oxygen atoms in total. The molecule has 1 amide bonds. The summed E-state index contributed by atoms with van der Waals surface area (Å²) >= 11 is 0. The fourth-order valence-corrected chi connectivity index (χ4v) is 2.43. The second-order valence-corrected chi connectivity index (χ2v) is 3.88. The van der Waals surface area contributed by atoms with Crippen molar-refractivity contribution in [2.45, 2.75) is 18.6 Å². The van der Waals surface area contributed by atoms with E-state index in [-0.39, 0.29) is 18.2 Å². The Bertz CT molecular complexity index is 402. The number of ether oxygens (including phenoxy) is 1. The van der Waals surface area contributed by atoms with Crippen molar-refractivity contribution in [3.05, 3.63) is 35.4 Å². The summed E-state index contributed by atoms with van der Waals surface area (Å²) in [7, 11) is 1.80. The Kier molecular flexibility index (Phi) is 1.40. The molecule has 0 unspecified atom stereocenters. The predicted molar refractivity (Wildman–Crippen MR) is 50.9 cm³/mol. The number of benzene rings is 1. The van der Waals surface area contributed by atoms with Crippen molar-refractivity contribution in [3.8, 4) is 0 Å². The first-order valence-electron chi connectivity index (χ1n) is 4.78. The van der Waals surface area contributed by atoms with Gasteiger partial charge < -0.3 is 9.64 Å². The number of carbonyl (C=O) groups is 1. The van der Waals surface area contributed by atoms with Gasteiger partial charge in [0, 0.05) is 13.5 Å². The maximum atomic E-state index is 11.3. The van der Waals surface area contributed by atoms with Gasteiger partial charge in [-0.15, -0.1) is 0 Å². The topological polar surface area (TPSA) is 29.5 Å². The molecule has 3 heteroatoms. The highest BCUT2D eigenvalue weighted by molar-refractivity contribution is 5.71. The average Bonchev–Trinajstić information content (AvgIpc) is 2.65. The first-order valence-corrected chi connectivity index (χ1v) is 4.78. The predicted octanol–water partition coefficient (Wildman–Crippen LogP) is 1.73. The molecule has 1 fully saturated rings. The third-order valence-electron chi connectivity index (χ3n) is 3.10. The third kappa shape index (κ3) is 0.842. The largest absolute Gasteiger partial charge is 0.443 e. The monoisotopic (exact) mass is 189 g/mol. The molecule has 14 heavy (non-hydrogen) atoms. The molecule has 0 spiro atoms. The lowest BCUT2D eigenvalue weighted by Crippen LogP contribution is -2.22. The smallest absolute Gasteiger partial charge is 0.410 e. The minimum absolute atomic E-state index is 0.0323. The Balaban J connectivity index is 2.09. The van der Waals surface area contributed by atoms with E-state index in [0.29, 0.717) is 0 Å². The molecule has 0 bridgehead atoms. The number of hydrogen-bond donors (Lipinski definition) is 0. The molecule has 1 heterocycles. The summed E-state index contributed by atoms with van der Waals surface area (Å²) in [6.07, 6.45) is 0.691. The molecule has 1 aliphatic heterocycles. The van der Waals surface area contributed by atoms with Crippen LogP contribution in [0.25, 0.3) is 0 Å². The maximum Gasteiger partial charge on any atom is 0.410 e. The minimum atomic E-state index is -0.200. The number of rotatable bonds is 0. The lowest BCUT2D eigenvalue weighted by molar-refractivity contribution is 0.133. The van der Waals surface area contributed by atoms with Crippen molar-refractivity contribution in [2.24, 2.45) is 0 Å². The molecule has 0 aromatic heterocycles. The fourth-order valence-electron chi connectivity index (χ4n) is 2.43. The Morgan fingerprint density at radius 2 is 2.21 bits per heavy atom. The summed E-state index contributed by atoms with van der Waals surface area (Å²) in [6, 6.07) is 8.37. The SMILES string of the molecule is CN1C(=O)O[C@H]2Cc3ccccc3[C@H]21. The lowest BCUT2D eigenvalue weighted by Gasteiger charge is -2.15. The van der Waals surface area contributed by atoms with Gasteiger partial charge in [0.1, 0.15) is 6.10 Å². The second-order valence-electron chi connectivity index (χ2n) is 3.88. The Morgan fingerprint density at radius 1 is 1.43 bits per heavy atom. The van der Waals surface area contributed by atoms with Crippen molar-refractivity contribution in [1.29, 1.82) is 0 Å². The van der Waals surface area contributed by atoms with E-state index in [1.54, 1.807) is 11.9 Å². The van der Waals surface area contributed by atoms with Crippen molar-refractivity contribution in [3.63, 3.8) is 0 Å². The van der Waals surface area contributed by atoms with E-state index < -0.39 is 0 Å². The normalized spacial score (nSPS) is 28.6. The van der Waals surface area contributed by atoms with Gasteiger partial charge in [-0.05, 0) is 11.1 Å². The van der Waals surface area contributed by atoms with Crippen LogP contribution < -0.4 is 0 Å². The molecule has 2 aliphatic rings. The van der Waals surface area contributed by atoms with Crippen LogP contribution in [-0.2, 0) is 11.2 Å². The molecule has 0 N–H and O–H groups in total. The molecule has 1 aromatic rings. The van der Waals surface area contributed by atoms with E-state index in [1.807, 2.05) is 12.1 Å². The van der Waals surface area contributed by atoms with Crippen molar-refractivity contribution in [2.75, 3.05) is 7.05 Å². The number of carbonyl (C=O) groups excluding carboxylic acids is 1. The van der Waals surface area contributed by atoms with Crippen LogP contribution in [0.15, 0.2) is 24.3 Å². The first kappa shape index (κ1) is 7.85. The van der Waals surface area contributed by atoms with Gasteiger partial charge in [0.2, 0.25) is 0 Å². The van der Waals surface area contributed by atoms with Gasteiger partial charge in [-0.3, -0.25) is 0 Å². The first-order chi connectivity index (χ1) is 6.77. The van der Waals surface area contributed by atoms with Crippen molar-refractivity contribution in [1.82, 2.24) is 4.90 Å². The molecule has 3 rings (SSSR count). The number of fused-ring (bicyclic) bond motifs is 3. The number of likely N-dealkylation sites (N-methyl/N-ethyl adjacent to an activating group) is 1. The van der Waals surface area contributed by atoms with Gasteiger partial charge in [-0.2, -0.15) is 0 Å². The lowest BCUT2D eigenvalue weighted by atomic mass is 10.1. The van der Waals surface area contributed by atoms with Crippen LogP contribution in [0.2, 0.25) is 0 Å². The fraction of sp³-hybridized carbons (Fsp3) is 0.364. The minimum Gasteiger partial charge on any atom is -0.443 e. The molecule has 72 valence electrons. The zero-order chi connectivity index (χ0) is 9.71. The highest BCUT2D eigenvalue weighted by Gasteiger charge is 2.45. The molecule has 1 aliphatic carbocycles. The van der Waals surface area contributed by atoms with Crippen LogP contribution in [0, 0.1) is 0 Å². The summed E-state index contributed by atoms with van der Waals surface area (Å²) in [6.45, 7) is 0. The van der Waals surface area contributed by atoms with E-state index in [9.17, 15) is 4.79 Å². The van der Waals surface area contributed by atoms with E-state index in [2.05, 4.69) is 12.1 Å². The van der Waals surface area contributed by atoms with Crippen LogP contribution in [-0.4, -0.2) is 24.1 Å². The summed E-state index contributed by atoms with van der Waals surface area (Å²) in [5, 5.41) is 0. The highest BCUT2D eigenvalue weighted by atomic mass is 16.6. The van der Waals surface area contributed by atoms with Gasteiger partial charge in [-0.1, -0.05) is 24.3 Å². The van der Waals surface area contributed by atoms with Gasteiger partial charge in [-0.25, -0.2) is 4.79 Å². The zero-order valence-electron chi connectivity index (χ0n) is 7.93. The van der Waals surface area contributed by atoms with E-state index in [1.165, 1.54) is 11.1 Å². The van der Waals surface area contributed by atoms with Crippen LogP contribution in [0.4, 0.5) is 4.79 Å². The van der Waals surface area contributed by atoms with Crippen molar-refractivity contribution < 1.29 is 9.53 Å². The van der Waals surface area contributed by atoms with Gasteiger partial charge in [0.15, 0.2) is 0 Å². The Labute approximate surface area is 82.3 Å². The molecule has 0 radical (unpaired) electrons. The van der Waals surface area contributed by atoms with E-state index in [0.717, 1.165) is 6.42 Å². The molecular formula is C11H11NO2. The zero-order valence-corrected chi connectivity index (χ0v) is 7.93. The van der Waals surface area contributed by atoms with E-state index in [4.69, 9.17) is 4.74 Å².